The predicted molar refractivity (Wildman–Crippen MR) is 97.0 cm³/mol. The van der Waals surface area contributed by atoms with Gasteiger partial charge in [-0.3, -0.25) is 9.59 Å². The molecular formula is C18H17ClF3N3O4. The fourth-order valence-electron chi connectivity index (χ4n) is 2.29. The molecule has 0 aliphatic carbocycles. The Morgan fingerprint density at radius 2 is 1.97 bits per heavy atom. The number of pyridine rings is 2. The zero-order valence-corrected chi connectivity index (χ0v) is 16.4. The van der Waals surface area contributed by atoms with E-state index in [1.54, 1.807) is 19.9 Å². The fourth-order valence-corrected chi connectivity index (χ4v) is 2.49. The van der Waals surface area contributed by atoms with Crippen LogP contribution >= 0.6 is 11.6 Å². The second kappa shape index (κ2) is 9.08. The molecule has 0 saturated carbocycles. The fraction of sp³-hybridized carbons (Fsp3) is 0.333. The lowest BCUT2D eigenvalue weighted by Crippen LogP contribution is -2.27. The third-order valence-corrected chi connectivity index (χ3v) is 3.75. The molecule has 0 fully saturated rings. The first-order valence-electron chi connectivity index (χ1n) is 8.27. The van der Waals surface area contributed by atoms with Crippen molar-refractivity contribution in [2.45, 2.75) is 33.0 Å². The van der Waals surface area contributed by atoms with Crippen LogP contribution in [0.15, 0.2) is 24.4 Å². The van der Waals surface area contributed by atoms with Crippen molar-refractivity contribution in [3.05, 3.63) is 46.2 Å². The van der Waals surface area contributed by atoms with Crippen LogP contribution in [0.4, 0.5) is 13.2 Å². The maximum atomic E-state index is 12.5. The highest BCUT2D eigenvalue weighted by Crippen LogP contribution is 2.23. The number of nitrogens with one attached hydrogen (secondary N) is 1. The zero-order valence-electron chi connectivity index (χ0n) is 15.6. The normalized spacial score (nSPS) is 12.2. The molecule has 1 N–H and O–H groups in total. The average Bonchev–Trinajstić information content (AvgIpc) is 2.58. The van der Waals surface area contributed by atoms with Crippen molar-refractivity contribution >= 4 is 23.5 Å². The van der Waals surface area contributed by atoms with Crippen molar-refractivity contribution in [2.24, 2.45) is 0 Å². The van der Waals surface area contributed by atoms with Crippen molar-refractivity contribution in [1.29, 1.82) is 0 Å². The molecule has 0 spiro atoms. The van der Waals surface area contributed by atoms with Crippen LogP contribution in [0.2, 0.25) is 5.15 Å². The Balaban J connectivity index is 2.10. The third kappa shape index (κ3) is 6.90. The summed E-state index contributed by atoms with van der Waals surface area (Å²) in [6.07, 6.45) is -3.15. The van der Waals surface area contributed by atoms with E-state index < -0.39 is 30.7 Å². The molecule has 1 atom stereocenters. The van der Waals surface area contributed by atoms with Crippen LogP contribution in [0, 0.1) is 6.92 Å². The molecule has 0 bridgehead atoms. The summed E-state index contributed by atoms with van der Waals surface area (Å²) in [5.41, 5.74) is 1.05. The molecule has 0 radical (unpaired) electrons. The number of carbonyl (C=O) groups is 2. The number of aromatic nitrogens is 2. The minimum atomic E-state index is -4.47. The van der Waals surface area contributed by atoms with E-state index in [2.05, 4.69) is 20.0 Å². The van der Waals surface area contributed by atoms with Gasteiger partial charge in [-0.15, -0.1) is 0 Å². The van der Waals surface area contributed by atoms with Gasteiger partial charge in [0, 0.05) is 30.3 Å². The summed E-state index contributed by atoms with van der Waals surface area (Å²) in [6, 6.07) is 3.59. The highest BCUT2D eigenvalue weighted by molar-refractivity contribution is 6.29. The Morgan fingerprint density at radius 3 is 2.55 bits per heavy atom. The lowest BCUT2D eigenvalue weighted by molar-refractivity contribution is -0.154. The number of rotatable bonds is 6. The highest BCUT2D eigenvalue weighted by Gasteiger charge is 2.29. The Hall–Kier alpha value is -2.88. The molecule has 2 aromatic heterocycles. The molecule has 29 heavy (non-hydrogen) atoms. The van der Waals surface area contributed by atoms with E-state index in [4.69, 9.17) is 16.3 Å². The quantitative estimate of drug-likeness (QED) is 0.552. The van der Waals surface area contributed by atoms with Gasteiger partial charge in [0.15, 0.2) is 6.61 Å². The van der Waals surface area contributed by atoms with Crippen molar-refractivity contribution in [1.82, 2.24) is 15.3 Å². The van der Waals surface area contributed by atoms with E-state index in [0.29, 0.717) is 11.1 Å². The monoisotopic (exact) mass is 431 g/mol. The van der Waals surface area contributed by atoms with Crippen molar-refractivity contribution in [3.63, 3.8) is 0 Å². The van der Waals surface area contributed by atoms with Crippen LogP contribution in [-0.2, 0) is 4.79 Å². The van der Waals surface area contributed by atoms with E-state index >= 15 is 0 Å². The van der Waals surface area contributed by atoms with Crippen LogP contribution in [0.5, 0.6) is 11.8 Å². The molecule has 156 valence electrons. The molecule has 7 nitrogen and oxygen atoms in total. The van der Waals surface area contributed by atoms with Gasteiger partial charge < -0.3 is 14.8 Å². The van der Waals surface area contributed by atoms with E-state index in [0.717, 1.165) is 0 Å². The van der Waals surface area contributed by atoms with Crippen LogP contribution in [0.1, 0.15) is 41.4 Å². The summed E-state index contributed by atoms with van der Waals surface area (Å²) in [6.45, 7) is 2.95. The molecule has 2 heterocycles. The number of ether oxygens (including phenoxy) is 2. The molecule has 2 rings (SSSR count). The third-order valence-electron chi connectivity index (χ3n) is 3.55. The standard InChI is InChI=1S/C18H17ClF3N3O4/c1-9-4-13(7-23-17(9)28-8-18(20,21)22)10(2)24-16(27)12-5-14(19)25-15(6-12)29-11(3)26/h4-7,10H,8H2,1-3H3,(H,24,27). The van der Waals surface area contributed by atoms with Gasteiger partial charge in [-0.1, -0.05) is 11.6 Å². The Morgan fingerprint density at radius 1 is 1.28 bits per heavy atom. The van der Waals surface area contributed by atoms with Crippen molar-refractivity contribution in [3.8, 4) is 11.8 Å². The van der Waals surface area contributed by atoms with Crippen LogP contribution in [-0.4, -0.2) is 34.6 Å². The molecule has 0 aliphatic rings. The Labute approximate surface area is 169 Å². The number of hydrogen-bond acceptors (Lipinski definition) is 6. The smallest absolute Gasteiger partial charge is 0.422 e. The van der Waals surface area contributed by atoms with E-state index in [1.807, 2.05) is 0 Å². The van der Waals surface area contributed by atoms with Gasteiger partial charge >= 0.3 is 12.1 Å². The molecule has 0 aromatic carbocycles. The maximum Gasteiger partial charge on any atom is 0.422 e. The summed E-state index contributed by atoms with van der Waals surface area (Å²) in [5.74, 6) is -1.40. The minimum absolute atomic E-state index is 0.0368. The molecule has 0 aliphatic heterocycles. The lowest BCUT2D eigenvalue weighted by atomic mass is 10.1. The van der Waals surface area contributed by atoms with Gasteiger partial charge in [-0.2, -0.15) is 13.2 Å². The Kier molecular flexibility index (Phi) is 7.02. The summed E-state index contributed by atoms with van der Waals surface area (Å²) in [7, 11) is 0. The number of nitrogens with zero attached hydrogens (tertiary/aromatic N) is 2. The van der Waals surface area contributed by atoms with Gasteiger partial charge in [0.2, 0.25) is 11.8 Å². The lowest BCUT2D eigenvalue weighted by Gasteiger charge is -2.16. The number of hydrogen-bond donors (Lipinski definition) is 1. The van der Waals surface area contributed by atoms with Crippen molar-refractivity contribution < 1.29 is 32.2 Å². The SMILES string of the molecule is CC(=O)Oc1cc(C(=O)NC(C)c2cnc(OCC(F)(F)F)c(C)c2)cc(Cl)n1. The summed E-state index contributed by atoms with van der Waals surface area (Å²) >= 11 is 5.84. The van der Waals surface area contributed by atoms with Crippen molar-refractivity contribution in [2.75, 3.05) is 6.61 Å². The molecule has 1 amide bonds. The molecule has 0 saturated heterocycles. The number of esters is 1. The maximum absolute atomic E-state index is 12.5. The number of alkyl halides is 3. The molecule has 11 heteroatoms. The summed E-state index contributed by atoms with van der Waals surface area (Å²) in [5, 5.41) is 2.66. The number of carbonyl (C=O) groups excluding carboxylic acids is 2. The molecule has 2 aromatic rings. The first-order chi connectivity index (χ1) is 13.4. The van der Waals surface area contributed by atoms with Crippen LogP contribution in [0.25, 0.3) is 0 Å². The summed E-state index contributed by atoms with van der Waals surface area (Å²) in [4.78, 5) is 31.2. The van der Waals surface area contributed by atoms with E-state index in [9.17, 15) is 22.8 Å². The van der Waals surface area contributed by atoms with Gasteiger partial charge in [0.1, 0.15) is 5.15 Å². The largest absolute Gasteiger partial charge is 0.468 e. The second-order valence-corrected chi connectivity index (χ2v) is 6.49. The van der Waals surface area contributed by atoms with E-state index in [-0.39, 0.29) is 22.5 Å². The average molecular weight is 432 g/mol. The molecule has 1 unspecified atom stereocenters. The topological polar surface area (TPSA) is 90.4 Å². The van der Waals surface area contributed by atoms with Crippen LogP contribution in [0.3, 0.4) is 0 Å². The second-order valence-electron chi connectivity index (χ2n) is 6.10. The van der Waals surface area contributed by atoms with Crippen LogP contribution < -0.4 is 14.8 Å². The Bertz CT molecular complexity index is 922. The summed E-state index contributed by atoms with van der Waals surface area (Å²) < 4.78 is 46.3. The van der Waals surface area contributed by atoms with Gasteiger partial charge in [0.05, 0.1) is 6.04 Å². The zero-order chi connectivity index (χ0) is 21.8. The van der Waals surface area contributed by atoms with Gasteiger partial charge in [-0.05, 0) is 31.5 Å². The first-order valence-corrected chi connectivity index (χ1v) is 8.65. The molecular weight excluding hydrogens is 415 g/mol. The number of aryl methyl sites for hydroxylation is 1. The highest BCUT2D eigenvalue weighted by atomic mass is 35.5. The number of amides is 1. The predicted octanol–water partition coefficient (Wildman–Crippen LogP) is 3.80. The first kappa shape index (κ1) is 22.4. The van der Waals surface area contributed by atoms with Gasteiger partial charge in [0.25, 0.3) is 5.91 Å². The van der Waals surface area contributed by atoms with E-state index in [1.165, 1.54) is 25.3 Å². The minimum Gasteiger partial charge on any atom is -0.468 e. The number of halogens is 4. The van der Waals surface area contributed by atoms with Gasteiger partial charge in [-0.25, -0.2) is 9.97 Å².